The van der Waals surface area contributed by atoms with E-state index in [0.29, 0.717) is 24.4 Å². The van der Waals surface area contributed by atoms with Gasteiger partial charge in [0.05, 0.1) is 19.3 Å². The maximum atomic E-state index is 11.2. The summed E-state index contributed by atoms with van der Waals surface area (Å²) in [6, 6.07) is 0. The van der Waals surface area contributed by atoms with E-state index in [2.05, 4.69) is 25.5 Å². The third kappa shape index (κ3) is 3.12. The van der Waals surface area contributed by atoms with Crippen LogP contribution in [0.4, 0.5) is 4.79 Å². The minimum absolute atomic E-state index is 0.114. The Kier molecular flexibility index (Phi) is 4.82. The van der Waals surface area contributed by atoms with Gasteiger partial charge in [-0.2, -0.15) is 0 Å². The molecule has 0 aromatic heterocycles. The number of aliphatic hydroxyl groups is 1. The van der Waals surface area contributed by atoms with E-state index in [0.717, 1.165) is 19.3 Å². The molecule has 0 aliphatic heterocycles. The molecule has 0 aromatic rings. The Morgan fingerprint density at radius 1 is 1.18 bits per heavy atom. The van der Waals surface area contributed by atoms with Gasteiger partial charge in [-0.05, 0) is 61.7 Å². The third-order valence-corrected chi connectivity index (χ3v) is 6.55. The summed E-state index contributed by atoms with van der Waals surface area (Å²) < 4.78 is 9.62. The number of fused-ring (bicyclic) bond motifs is 1. The zero-order valence-electron chi connectivity index (χ0n) is 14.8. The van der Waals surface area contributed by atoms with Crippen LogP contribution in [0.3, 0.4) is 0 Å². The van der Waals surface area contributed by atoms with Crippen LogP contribution in [0.15, 0.2) is 0 Å². The first-order chi connectivity index (χ1) is 10.1. The summed E-state index contributed by atoms with van der Waals surface area (Å²) in [4.78, 5) is 11.2. The zero-order valence-corrected chi connectivity index (χ0v) is 14.8. The van der Waals surface area contributed by atoms with Gasteiger partial charge < -0.3 is 14.6 Å². The van der Waals surface area contributed by atoms with Gasteiger partial charge in [0.2, 0.25) is 0 Å². The molecule has 1 unspecified atom stereocenters. The normalized spacial score (nSPS) is 40.6. The van der Waals surface area contributed by atoms with Crippen molar-refractivity contribution in [2.45, 2.75) is 71.8 Å². The van der Waals surface area contributed by atoms with Crippen LogP contribution in [0, 0.1) is 22.7 Å². The van der Waals surface area contributed by atoms with Crippen LogP contribution in [0.5, 0.6) is 0 Å². The van der Waals surface area contributed by atoms with Gasteiger partial charge in [-0.3, -0.25) is 0 Å². The lowest BCUT2D eigenvalue weighted by molar-refractivity contribution is -0.172. The predicted octanol–water partition coefficient (Wildman–Crippen LogP) is 4.15. The lowest BCUT2D eigenvalue weighted by atomic mass is 9.45. The molecule has 2 saturated carbocycles. The summed E-state index contributed by atoms with van der Waals surface area (Å²) in [6.45, 7) is 9.36. The van der Waals surface area contributed by atoms with Crippen molar-refractivity contribution in [3.05, 3.63) is 0 Å². The van der Waals surface area contributed by atoms with E-state index < -0.39 is 11.8 Å². The predicted molar refractivity (Wildman–Crippen MR) is 85.6 cm³/mol. The van der Waals surface area contributed by atoms with Gasteiger partial charge in [-0.15, -0.1) is 0 Å². The number of carbonyl (C=O) groups is 1. The first kappa shape index (κ1) is 17.6. The minimum atomic E-state index is -0.682. The summed E-state index contributed by atoms with van der Waals surface area (Å²) in [6.07, 6.45) is 5.61. The van der Waals surface area contributed by atoms with Crippen LogP contribution in [0.2, 0.25) is 0 Å². The molecule has 0 aromatic carbocycles. The number of carbonyl (C=O) groups excluding carboxylic acids is 1. The maximum Gasteiger partial charge on any atom is 0.507 e. The highest BCUT2D eigenvalue weighted by Gasteiger charge is 2.57. The number of rotatable bonds is 3. The minimum Gasteiger partial charge on any atom is -0.438 e. The quantitative estimate of drug-likeness (QED) is 0.795. The molecule has 0 amide bonds. The van der Waals surface area contributed by atoms with Crippen LogP contribution >= 0.6 is 0 Å². The van der Waals surface area contributed by atoms with Gasteiger partial charge in [0, 0.05) is 0 Å². The van der Waals surface area contributed by atoms with Crippen LogP contribution in [-0.4, -0.2) is 30.6 Å². The second-order valence-corrected chi connectivity index (χ2v) is 8.44. The van der Waals surface area contributed by atoms with Crippen molar-refractivity contribution >= 4 is 6.16 Å². The summed E-state index contributed by atoms with van der Waals surface area (Å²) in [5, 5.41) is 11.0. The third-order valence-electron chi connectivity index (χ3n) is 6.55. The molecule has 0 saturated heterocycles. The van der Waals surface area contributed by atoms with Crippen molar-refractivity contribution in [1.82, 2.24) is 0 Å². The monoisotopic (exact) mass is 312 g/mol. The Morgan fingerprint density at radius 2 is 1.86 bits per heavy atom. The molecule has 2 aliphatic carbocycles. The molecular formula is C18H32O4. The van der Waals surface area contributed by atoms with Crippen molar-refractivity contribution in [1.29, 1.82) is 0 Å². The smallest absolute Gasteiger partial charge is 0.438 e. The molecule has 2 rings (SSSR count). The average molecular weight is 312 g/mol. The van der Waals surface area contributed by atoms with Gasteiger partial charge in [0.1, 0.15) is 0 Å². The molecular weight excluding hydrogens is 280 g/mol. The molecule has 0 bridgehead atoms. The van der Waals surface area contributed by atoms with Crippen molar-refractivity contribution in [2.75, 3.05) is 13.7 Å². The molecule has 4 heteroatoms. The van der Waals surface area contributed by atoms with E-state index in [9.17, 15) is 9.90 Å². The largest absolute Gasteiger partial charge is 0.507 e. The fourth-order valence-corrected chi connectivity index (χ4v) is 5.58. The van der Waals surface area contributed by atoms with Gasteiger partial charge in [-0.1, -0.05) is 27.2 Å². The molecule has 4 atom stereocenters. The Hall–Kier alpha value is -0.770. The topological polar surface area (TPSA) is 55.8 Å². The highest BCUT2D eigenvalue weighted by molar-refractivity contribution is 5.59. The Labute approximate surface area is 134 Å². The van der Waals surface area contributed by atoms with Crippen molar-refractivity contribution in [3.63, 3.8) is 0 Å². The average Bonchev–Trinajstić information content (AvgIpc) is 2.40. The first-order valence-corrected chi connectivity index (χ1v) is 8.56. The fourth-order valence-electron chi connectivity index (χ4n) is 5.58. The van der Waals surface area contributed by atoms with E-state index in [1.54, 1.807) is 0 Å². The molecule has 2 aliphatic rings. The first-order valence-electron chi connectivity index (χ1n) is 8.56. The van der Waals surface area contributed by atoms with Gasteiger partial charge >= 0.3 is 6.16 Å². The van der Waals surface area contributed by atoms with Crippen LogP contribution in [0.25, 0.3) is 0 Å². The molecule has 128 valence electrons. The summed E-state index contributed by atoms with van der Waals surface area (Å²) in [5.41, 5.74) is -0.244. The van der Waals surface area contributed by atoms with Gasteiger partial charge in [-0.25, -0.2) is 4.79 Å². The molecule has 2 fully saturated rings. The molecule has 0 spiro atoms. The SMILES string of the molecule is COC(=O)OCC[C@@H]1[C@@]2(C)CCCC(C)(C)C2CC[C@@]1(C)O. The lowest BCUT2D eigenvalue weighted by Gasteiger charge is -2.61. The second-order valence-electron chi connectivity index (χ2n) is 8.44. The molecule has 4 nitrogen and oxygen atoms in total. The van der Waals surface area contributed by atoms with Crippen molar-refractivity contribution < 1.29 is 19.4 Å². The van der Waals surface area contributed by atoms with Crippen LogP contribution in [-0.2, 0) is 9.47 Å². The lowest BCUT2D eigenvalue weighted by Crippen LogP contribution is -2.57. The number of hydrogen-bond acceptors (Lipinski definition) is 4. The van der Waals surface area contributed by atoms with Gasteiger partial charge in [0.15, 0.2) is 0 Å². The van der Waals surface area contributed by atoms with Gasteiger partial charge in [0.25, 0.3) is 0 Å². The maximum absolute atomic E-state index is 11.2. The second kappa shape index (κ2) is 6.03. The molecule has 0 heterocycles. The summed E-state index contributed by atoms with van der Waals surface area (Å²) in [7, 11) is 1.32. The Bertz CT molecular complexity index is 415. The van der Waals surface area contributed by atoms with E-state index in [-0.39, 0.29) is 11.3 Å². The van der Waals surface area contributed by atoms with E-state index in [1.807, 2.05) is 6.92 Å². The number of methoxy groups -OCH3 is 1. The van der Waals surface area contributed by atoms with Crippen LogP contribution < -0.4 is 0 Å². The fraction of sp³-hybridized carbons (Fsp3) is 0.944. The molecule has 22 heavy (non-hydrogen) atoms. The van der Waals surface area contributed by atoms with Crippen molar-refractivity contribution in [2.24, 2.45) is 22.7 Å². The highest BCUT2D eigenvalue weighted by Crippen LogP contribution is 2.62. The Morgan fingerprint density at radius 3 is 2.50 bits per heavy atom. The van der Waals surface area contributed by atoms with E-state index in [4.69, 9.17) is 4.74 Å². The Balaban J connectivity index is 2.17. The summed E-state index contributed by atoms with van der Waals surface area (Å²) >= 11 is 0. The van der Waals surface area contributed by atoms with E-state index in [1.165, 1.54) is 20.0 Å². The summed E-state index contributed by atoms with van der Waals surface area (Å²) in [5.74, 6) is 0.778. The van der Waals surface area contributed by atoms with Crippen molar-refractivity contribution in [3.8, 4) is 0 Å². The highest BCUT2D eigenvalue weighted by atomic mass is 16.7. The zero-order chi connectivity index (χ0) is 16.6. The number of ether oxygens (including phenoxy) is 2. The molecule has 1 N–H and O–H groups in total. The van der Waals surface area contributed by atoms with Crippen LogP contribution in [0.1, 0.15) is 66.2 Å². The number of hydrogen-bond donors (Lipinski definition) is 1. The standard InChI is InChI=1S/C18H32O4/c1-16(2)9-6-10-17(3)13(16)7-11-18(4,20)14(17)8-12-22-15(19)21-5/h13-14,20H,6-12H2,1-5H3/t13?,14-,17+,18-/m1/s1. The molecule has 0 radical (unpaired) electrons. The van der Waals surface area contributed by atoms with E-state index >= 15 is 0 Å².